The molecule has 1 saturated carbocycles. The summed E-state index contributed by atoms with van der Waals surface area (Å²) < 4.78 is 5.69. The summed E-state index contributed by atoms with van der Waals surface area (Å²) in [5.41, 5.74) is 4.50. The van der Waals surface area contributed by atoms with Gasteiger partial charge < -0.3 is 10.1 Å². The maximum absolute atomic E-state index is 5.69. The third-order valence-corrected chi connectivity index (χ3v) is 5.20. The SMILES string of the molecule is CCNCC1(COC)C(C2CCCC2)=Cc2ccccc21. The summed E-state index contributed by atoms with van der Waals surface area (Å²) in [6.45, 7) is 4.95. The number of fused-ring (bicyclic) bond motifs is 1. The minimum Gasteiger partial charge on any atom is -0.383 e. The number of ether oxygens (including phenoxy) is 1. The van der Waals surface area contributed by atoms with E-state index in [0.717, 1.165) is 25.6 Å². The highest BCUT2D eigenvalue weighted by Gasteiger charge is 2.44. The van der Waals surface area contributed by atoms with E-state index in [-0.39, 0.29) is 5.41 Å². The first kappa shape index (κ1) is 14.8. The molecule has 21 heavy (non-hydrogen) atoms. The molecule has 0 radical (unpaired) electrons. The lowest BCUT2D eigenvalue weighted by atomic mass is 9.72. The molecule has 0 heterocycles. The number of likely N-dealkylation sites (N-methyl/N-ethyl adjacent to an activating group) is 1. The topological polar surface area (TPSA) is 21.3 Å². The van der Waals surface area contributed by atoms with E-state index >= 15 is 0 Å². The molecule has 3 rings (SSSR count). The van der Waals surface area contributed by atoms with Gasteiger partial charge in [0.2, 0.25) is 0 Å². The van der Waals surface area contributed by atoms with Crippen LogP contribution in [0.2, 0.25) is 0 Å². The standard InChI is InChI=1S/C19H27NO/c1-3-20-13-19(14-21-2)17-11-7-6-10-16(17)12-18(19)15-8-4-5-9-15/h6-7,10-12,15,20H,3-5,8-9,13-14H2,1-2H3. The summed E-state index contributed by atoms with van der Waals surface area (Å²) in [5.74, 6) is 0.742. The first-order valence-electron chi connectivity index (χ1n) is 8.33. The van der Waals surface area contributed by atoms with Gasteiger partial charge in [0.05, 0.1) is 12.0 Å². The highest BCUT2D eigenvalue weighted by molar-refractivity contribution is 5.70. The molecule has 0 aromatic heterocycles. The Hall–Kier alpha value is -1.12. The minimum atomic E-state index is 0.0381. The highest BCUT2D eigenvalue weighted by Crippen LogP contribution is 2.49. The van der Waals surface area contributed by atoms with Crippen LogP contribution in [0.25, 0.3) is 6.08 Å². The van der Waals surface area contributed by atoms with Gasteiger partial charge in [-0.15, -0.1) is 0 Å². The van der Waals surface area contributed by atoms with Gasteiger partial charge in [-0.2, -0.15) is 0 Å². The fourth-order valence-corrected chi connectivity index (χ4v) is 4.26. The molecule has 1 aromatic carbocycles. The Balaban J connectivity index is 2.03. The summed E-state index contributed by atoms with van der Waals surface area (Å²) in [6.07, 6.45) is 7.90. The van der Waals surface area contributed by atoms with Crippen molar-refractivity contribution in [2.24, 2.45) is 5.92 Å². The van der Waals surface area contributed by atoms with Gasteiger partial charge in [0.1, 0.15) is 0 Å². The second-order valence-corrected chi connectivity index (χ2v) is 6.46. The van der Waals surface area contributed by atoms with Crippen LogP contribution in [0.5, 0.6) is 0 Å². The van der Waals surface area contributed by atoms with Crippen LogP contribution >= 0.6 is 0 Å². The Labute approximate surface area is 128 Å². The molecule has 0 saturated heterocycles. The molecular formula is C19H27NO. The molecular weight excluding hydrogens is 258 g/mol. The zero-order valence-electron chi connectivity index (χ0n) is 13.3. The molecule has 1 N–H and O–H groups in total. The smallest absolute Gasteiger partial charge is 0.0609 e. The molecule has 2 aliphatic rings. The van der Waals surface area contributed by atoms with Crippen LogP contribution in [-0.4, -0.2) is 26.8 Å². The molecule has 2 heteroatoms. The lowest BCUT2D eigenvalue weighted by Gasteiger charge is -2.36. The van der Waals surface area contributed by atoms with Gasteiger partial charge >= 0.3 is 0 Å². The van der Waals surface area contributed by atoms with Crippen LogP contribution in [-0.2, 0) is 10.2 Å². The first-order chi connectivity index (χ1) is 10.3. The van der Waals surface area contributed by atoms with Crippen molar-refractivity contribution in [3.8, 4) is 0 Å². The number of rotatable bonds is 6. The predicted octanol–water partition coefficient (Wildman–Crippen LogP) is 3.77. The Bertz CT molecular complexity index is 516. The fourth-order valence-electron chi connectivity index (χ4n) is 4.26. The summed E-state index contributed by atoms with van der Waals surface area (Å²) in [6, 6.07) is 8.87. The largest absolute Gasteiger partial charge is 0.383 e. The normalized spacial score (nSPS) is 25.1. The van der Waals surface area contributed by atoms with Crippen LogP contribution in [0.15, 0.2) is 29.8 Å². The van der Waals surface area contributed by atoms with E-state index < -0.39 is 0 Å². The monoisotopic (exact) mass is 285 g/mol. The van der Waals surface area contributed by atoms with Crippen molar-refractivity contribution in [3.63, 3.8) is 0 Å². The lowest BCUT2D eigenvalue weighted by Crippen LogP contribution is -2.43. The van der Waals surface area contributed by atoms with Crippen LogP contribution in [0.4, 0.5) is 0 Å². The van der Waals surface area contributed by atoms with Crippen LogP contribution < -0.4 is 5.32 Å². The van der Waals surface area contributed by atoms with Crippen LogP contribution in [0.3, 0.4) is 0 Å². The summed E-state index contributed by atoms with van der Waals surface area (Å²) in [7, 11) is 1.83. The van der Waals surface area contributed by atoms with Crippen molar-refractivity contribution >= 4 is 6.08 Å². The predicted molar refractivity (Wildman–Crippen MR) is 88.5 cm³/mol. The quantitative estimate of drug-likeness (QED) is 0.859. The van der Waals surface area contributed by atoms with E-state index in [2.05, 4.69) is 42.6 Å². The van der Waals surface area contributed by atoms with Gasteiger partial charge in [-0.25, -0.2) is 0 Å². The maximum atomic E-state index is 5.69. The van der Waals surface area contributed by atoms with Gasteiger partial charge in [0.15, 0.2) is 0 Å². The molecule has 2 nitrogen and oxygen atoms in total. The second-order valence-electron chi connectivity index (χ2n) is 6.46. The first-order valence-corrected chi connectivity index (χ1v) is 8.33. The Morgan fingerprint density at radius 2 is 2.00 bits per heavy atom. The number of hydrogen-bond donors (Lipinski definition) is 1. The van der Waals surface area contributed by atoms with Crippen molar-refractivity contribution in [2.75, 3.05) is 26.8 Å². The van der Waals surface area contributed by atoms with E-state index in [0.29, 0.717) is 0 Å². The molecule has 0 bridgehead atoms. The van der Waals surface area contributed by atoms with E-state index in [4.69, 9.17) is 4.74 Å². The number of benzene rings is 1. The van der Waals surface area contributed by atoms with Gasteiger partial charge in [-0.05, 0) is 36.4 Å². The van der Waals surface area contributed by atoms with Gasteiger partial charge in [-0.3, -0.25) is 0 Å². The Kier molecular flexibility index (Phi) is 4.46. The highest BCUT2D eigenvalue weighted by atomic mass is 16.5. The molecule has 1 aromatic rings. The maximum Gasteiger partial charge on any atom is 0.0609 e. The van der Waals surface area contributed by atoms with Crippen LogP contribution in [0.1, 0.15) is 43.7 Å². The Morgan fingerprint density at radius 1 is 1.24 bits per heavy atom. The lowest BCUT2D eigenvalue weighted by molar-refractivity contribution is 0.141. The molecule has 1 unspecified atom stereocenters. The van der Waals surface area contributed by atoms with Gasteiger partial charge in [-0.1, -0.05) is 55.7 Å². The van der Waals surface area contributed by atoms with Gasteiger partial charge in [0.25, 0.3) is 0 Å². The van der Waals surface area contributed by atoms with Crippen molar-refractivity contribution in [1.82, 2.24) is 5.32 Å². The third kappa shape index (κ3) is 2.56. The van der Waals surface area contributed by atoms with Crippen molar-refractivity contribution in [3.05, 3.63) is 41.0 Å². The molecule has 2 aliphatic carbocycles. The molecule has 1 atom stereocenters. The number of methoxy groups -OCH3 is 1. The number of nitrogens with one attached hydrogen (secondary N) is 1. The van der Waals surface area contributed by atoms with Crippen molar-refractivity contribution in [1.29, 1.82) is 0 Å². The van der Waals surface area contributed by atoms with Crippen LogP contribution in [0, 0.1) is 5.92 Å². The Morgan fingerprint density at radius 3 is 2.71 bits per heavy atom. The van der Waals surface area contributed by atoms with Crippen molar-refractivity contribution < 1.29 is 4.74 Å². The molecule has 0 aliphatic heterocycles. The fraction of sp³-hybridized carbons (Fsp3) is 0.579. The second kappa shape index (κ2) is 6.33. The van der Waals surface area contributed by atoms with Gasteiger partial charge in [0, 0.05) is 13.7 Å². The molecule has 114 valence electrons. The van der Waals surface area contributed by atoms with E-state index in [9.17, 15) is 0 Å². The molecule has 1 fully saturated rings. The third-order valence-electron chi connectivity index (χ3n) is 5.20. The molecule has 0 spiro atoms. The summed E-state index contributed by atoms with van der Waals surface area (Å²) >= 11 is 0. The van der Waals surface area contributed by atoms with E-state index in [1.54, 1.807) is 5.57 Å². The summed E-state index contributed by atoms with van der Waals surface area (Å²) in [4.78, 5) is 0. The van der Waals surface area contributed by atoms with Crippen molar-refractivity contribution in [2.45, 2.75) is 38.0 Å². The zero-order valence-corrected chi connectivity index (χ0v) is 13.3. The summed E-state index contributed by atoms with van der Waals surface area (Å²) in [5, 5.41) is 3.59. The van der Waals surface area contributed by atoms with E-state index in [1.165, 1.54) is 36.8 Å². The number of hydrogen-bond acceptors (Lipinski definition) is 2. The molecule has 0 amide bonds. The minimum absolute atomic E-state index is 0.0381. The van der Waals surface area contributed by atoms with E-state index in [1.807, 2.05) is 7.11 Å². The average Bonchev–Trinajstić information content (AvgIpc) is 3.12. The zero-order chi connectivity index (χ0) is 14.7. The average molecular weight is 285 g/mol.